The van der Waals surface area contributed by atoms with Crippen LogP contribution in [0.1, 0.15) is 24.2 Å². The highest BCUT2D eigenvalue weighted by Gasteiger charge is 2.22. The first-order valence-corrected chi connectivity index (χ1v) is 10.3. The molecule has 29 heavy (non-hydrogen) atoms. The molecule has 0 aliphatic carbocycles. The van der Waals surface area contributed by atoms with Crippen LogP contribution in [0, 0.1) is 0 Å². The lowest BCUT2D eigenvalue weighted by atomic mass is 10.2. The average Bonchev–Trinajstić information content (AvgIpc) is 3.25. The molecule has 1 aliphatic rings. The molecule has 0 radical (unpaired) electrons. The highest BCUT2D eigenvalue weighted by molar-refractivity contribution is 7.80. The molecule has 0 bridgehead atoms. The Labute approximate surface area is 174 Å². The lowest BCUT2D eigenvalue weighted by Gasteiger charge is -2.28. The molecule has 1 aromatic heterocycles. The Bertz CT molecular complexity index is 1030. The van der Waals surface area contributed by atoms with E-state index >= 15 is 0 Å². The molecule has 2 aromatic carbocycles. The van der Waals surface area contributed by atoms with Gasteiger partial charge in [-0.05, 0) is 42.8 Å². The van der Waals surface area contributed by atoms with Crippen molar-refractivity contribution in [2.75, 3.05) is 13.2 Å². The second kappa shape index (κ2) is 9.15. The normalized spacial score (nSPS) is 16.1. The van der Waals surface area contributed by atoms with Gasteiger partial charge in [-0.1, -0.05) is 42.5 Å². The van der Waals surface area contributed by atoms with Gasteiger partial charge >= 0.3 is 0 Å². The minimum atomic E-state index is -0.133. The SMILES string of the molecule is O=c1[nH]c(CN(C[C@@H]2CCCO2)C(=S)NCc2ccccc2)nc2ccccc12. The third-order valence-corrected chi connectivity index (χ3v) is 5.43. The van der Waals surface area contributed by atoms with Crippen molar-refractivity contribution in [3.05, 3.63) is 76.3 Å². The molecule has 0 unspecified atom stereocenters. The smallest absolute Gasteiger partial charge is 0.258 e. The first-order valence-electron chi connectivity index (χ1n) is 9.85. The largest absolute Gasteiger partial charge is 0.376 e. The molecule has 150 valence electrons. The van der Waals surface area contributed by atoms with E-state index in [0.29, 0.717) is 41.5 Å². The number of rotatable bonds is 6. The summed E-state index contributed by atoms with van der Waals surface area (Å²) in [5.41, 5.74) is 1.71. The van der Waals surface area contributed by atoms with Gasteiger partial charge in [-0.2, -0.15) is 0 Å². The predicted octanol–water partition coefficient (Wildman–Crippen LogP) is 2.98. The van der Waals surface area contributed by atoms with E-state index in [1.54, 1.807) is 6.07 Å². The minimum absolute atomic E-state index is 0.133. The molecule has 2 N–H and O–H groups in total. The molecule has 6 nitrogen and oxygen atoms in total. The first kappa shape index (κ1) is 19.5. The summed E-state index contributed by atoms with van der Waals surface area (Å²) in [6, 6.07) is 17.5. The maximum Gasteiger partial charge on any atom is 0.258 e. The predicted molar refractivity (Wildman–Crippen MR) is 118 cm³/mol. The molecule has 1 atom stereocenters. The van der Waals surface area contributed by atoms with Crippen molar-refractivity contribution in [2.24, 2.45) is 0 Å². The van der Waals surface area contributed by atoms with Crippen LogP contribution in [0.5, 0.6) is 0 Å². The fraction of sp³-hybridized carbons (Fsp3) is 0.318. The molecule has 1 fully saturated rings. The molecular formula is C22H24N4O2S. The number of nitrogens with zero attached hydrogens (tertiary/aromatic N) is 2. The van der Waals surface area contributed by atoms with Crippen molar-refractivity contribution in [3.8, 4) is 0 Å². The van der Waals surface area contributed by atoms with Gasteiger partial charge in [-0.3, -0.25) is 4.79 Å². The summed E-state index contributed by atoms with van der Waals surface area (Å²) in [4.78, 5) is 22.0. The Morgan fingerprint density at radius 2 is 2.00 bits per heavy atom. The van der Waals surface area contributed by atoms with Gasteiger partial charge in [0.1, 0.15) is 5.82 Å². The Kier molecular flexibility index (Phi) is 6.17. The molecule has 0 amide bonds. The van der Waals surface area contributed by atoms with Crippen molar-refractivity contribution >= 4 is 28.2 Å². The van der Waals surface area contributed by atoms with Gasteiger partial charge in [-0.15, -0.1) is 0 Å². The number of aromatic nitrogens is 2. The van der Waals surface area contributed by atoms with Crippen LogP contribution < -0.4 is 10.9 Å². The topological polar surface area (TPSA) is 70.2 Å². The van der Waals surface area contributed by atoms with Gasteiger partial charge in [0.25, 0.3) is 5.56 Å². The third-order valence-electron chi connectivity index (χ3n) is 5.02. The first-order chi connectivity index (χ1) is 14.2. The number of H-pyrrole nitrogens is 1. The molecule has 0 spiro atoms. The van der Waals surface area contributed by atoms with Gasteiger partial charge in [0.2, 0.25) is 0 Å². The zero-order valence-corrected chi connectivity index (χ0v) is 17.0. The van der Waals surface area contributed by atoms with Crippen LogP contribution in [0.4, 0.5) is 0 Å². The number of para-hydroxylation sites is 1. The van der Waals surface area contributed by atoms with Gasteiger partial charge < -0.3 is 19.9 Å². The summed E-state index contributed by atoms with van der Waals surface area (Å²) < 4.78 is 5.81. The van der Waals surface area contributed by atoms with Crippen molar-refractivity contribution in [1.29, 1.82) is 0 Å². The van der Waals surface area contributed by atoms with Crippen molar-refractivity contribution in [1.82, 2.24) is 20.2 Å². The van der Waals surface area contributed by atoms with Crippen LogP contribution in [-0.4, -0.2) is 39.2 Å². The number of aromatic amines is 1. The second-order valence-corrected chi connectivity index (χ2v) is 7.58. The molecule has 2 heterocycles. The Morgan fingerprint density at radius 3 is 2.79 bits per heavy atom. The number of hydrogen-bond donors (Lipinski definition) is 2. The summed E-state index contributed by atoms with van der Waals surface area (Å²) in [7, 11) is 0. The highest BCUT2D eigenvalue weighted by atomic mass is 32.1. The average molecular weight is 409 g/mol. The number of ether oxygens (including phenoxy) is 1. The van der Waals surface area contributed by atoms with E-state index in [2.05, 4.69) is 27.4 Å². The fourth-order valence-corrected chi connectivity index (χ4v) is 3.74. The lowest BCUT2D eigenvalue weighted by Crippen LogP contribution is -2.43. The number of thiocarbonyl (C=S) groups is 1. The van der Waals surface area contributed by atoms with Crippen LogP contribution in [0.2, 0.25) is 0 Å². The summed E-state index contributed by atoms with van der Waals surface area (Å²) in [6.45, 7) is 2.51. The molecule has 4 rings (SSSR count). The highest BCUT2D eigenvalue weighted by Crippen LogP contribution is 2.15. The van der Waals surface area contributed by atoms with Crippen LogP contribution in [0.15, 0.2) is 59.4 Å². The number of fused-ring (bicyclic) bond motifs is 1. The van der Waals surface area contributed by atoms with E-state index in [-0.39, 0.29) is 11.7 Å². The number of nitrogens with one attached hydrogen (secondary N) is 2. The maximum atomic E-state index is 12.4. The van der Waals surface area contributed by atoms with Crippen molar-refractivity contribution in [3.63, 3.8) is 0 Å². The van der Waals surface area contributed by atoms with E-state index in [9.17, 15) is 4.79 Å². The molecule has 3 aromatic rings. The number of benzene rings is 2. The summed E-state index contributed by atoms with van der Waals surface area (Å²) >= 11 is 5.68. The van der Waals surface area contributed by atoms with Gasteiger partial charge in [0.15, 0.2) is 5.11 Å². The summed E-state index contributed by atoms with van der Waals surface area (Å²) in [5.74, 6) is 0.593. The monoisotopic (exact) mass is 408 g/mol. The van der Waals surface area contributed by atoms with Crippen LogP contribution in [0.25, 0.3) is 10.9 Å². The van der Waals surface area contributed by atoms with Crippen LogP contribution in [-0.2, 0) is 17.8 Å². The lowest BCUT2D eigenvalue weighted by molar-refractivity contribution is 0.0892. The van der Waals surface area contributed by atoms with E-state index in [4.69, 9.17) is 17.0 Å². The van der Waals surface area contributed by atoms with Crippen molar-refractivity contribution in [2.45, 2.75) is 32.0 Å². The molecule has 1 saturated heterocycles. The van der Waals surface area contributed by atoms with Crippen LogP contribution >= 0.6 is 12.2 Å². The minimum Gasteiger partial charge on any atom is -0.376 e. The molecule has 7 heteroatoms. The van der Waals surface area contributed by atoms with Crippen LogP contribution in [0.3, 0.4) is 0 Å². The van der Waals surface area contributed by atoms with E-state index in [1.165, 1.54) is 0 Å². The Morgan fingerprint density at radius 1 is 1.21 bits per heavy atom. The zero-order chi connectivity index (χ0) is 20.1. The Hall–Kier alpha value is -2.77. The Balaban J connectivity index is 1.51. The van der Waals surface area contributed by atoms with E-state index in [0.717, 1.165) is 25.0 Å². The quantitative estimate of drug-likeness (QED) is 0.611. The zero-order valence-electron chi connectivity index (χ0n) is 16.1. The van der Waals surface area contributed by atoms with Crippen molar-refractivity contribution < 1.29 is 4.74 Å². The van der Waals surface area contributed by atoms with Gasteiger partial charge in [0, 0.05) is 19.7 Å². The van der Waals surface area contributed by atoms with Gasteiger partial charge in [0.05, 0.1) is 23.6 Å². The molecule has 0 saturated carbocycles. The molecule has 1 aliphatic heterocycles. The summed E-state index contributed by atoms with van der Waals surface area (Å²) in [5, 5.41) is 4.54. The molecular weight excluding hydrogens is 384 g/mol. The van der Waals surface area contributed by atoms with Gasteiger partial charge in [-0.25, -0.2) is 4.98 Å². The van der Waals surface area contributed by atoms with E-state index in [1.807, 2.05) is 41.3 Å². The fourth-order valence-electron chi connectivity index (χ4n) is 3.53. The second-order valence-electron chi connectivity index (χ2n) is 7.19. The number of hydrogen-bond acceptors (Lipinski definition) is 4. The van der Waals surface area contributed by atoms with E-state index < -0.39 is 0 Å². The third kappa shape index (κ3) is 4.99. The maximum absolute atomic E-state index is 12.4. The summed E-state index contributed by atoms with van der Waals surface area (Å²) in [6.07, 6.45) is 2.21. The standard InChI is InChI=1S/C22H24N4O2S/c27-21-18-10-4-5-11-19(18)24-20(25-21)15-26(14-17-9-6-12-28-17)22(29)23-13-16-7-2-1-3-8-16/h1-5,7-8,10-11,17H,6,9,12-15H2,(H,23,29)(H,24,25,27)/t17-/m0/s1.